The molecule has 0 radical (unpaired) electrons. The number of halogens is 1. The maximum Gasteiger partial charge on any atom is 0.230 e. The van der Waals surface area contributed by atoms with E-state index >= 15 is 0 Å². The molecule has 6 heteroatoms. The lowest BCUT2D eigenvalue weighted by Gasteiger charge is -2.07. The molecule has 0 aliphatic heterocycles. The van der Waals surface area contributed by atoms with E-state index in [0.29, 0.717) is 16.6 Å². The Bertz CT molecular complexity index is 1740. The molecule has 0 saturated heterocycles. The fourth-order valence-electron chi connectivity index (χ4n) is 4.42. The van der Waals surface area contributed by atoms with Gasteiger partial charge in [0, 0.05) is 21.9 Å². The molecule has 0 aliphatic carbocycles. The van der Waals surface area contributed by atoms with E-state index in [9.17, 15) is 14.0 Å². The van der Waals surface area contributed by atoms with Gasteiger partial charge < -0.3 is 14.2 Å². The van der Waals surface area contributed by atoms with Crippen LogP contribution in [-0.4, -0.2) is 11.7 Å². The van der Waals surface area contributed by atoms with Gasteiger partial charge in [-0.05, 0) is 53.2 Å². The average molecular weight is 463 g/mol. The highest BCUT2D eigenvalue weighted by molar-refractivity contribution is 6.17. The number of anilines is 1. The molecule has 0 unspecified atom stereocenters. The summed E-state index contributed by atoms with van der Waals surface area (Å²) < 4.78 is 24.9. The number of fused-ring (bicyclic) bond motifs is 4. The number of hydrogen-bond donors (Lipinski definition) is 1. The lowest BCUT2D eigenvalue weighted by Crippen LogP contribution is -2.16. The van der Waals surface area contributed by atoms with E-state index in [2.05, 4.69) is 5.32 Å². The molecule has 2 heterocycles. The molecule has 0 atom stereocenters. The second-order valence-corrected chi connectivity index (χ2v) is 8.28. The van der Waals surface area contributed by atoms with E-state index in [1.54, 1.807) is 30.5 Å². The summed E-state index contributed by atoms with van der Waals surface area (Å²) in [6, 6.07) is 24.1. The second-order valence-electron chi connectivity index (χ2n) is 8.28. The first-order valence-corrected chi connectivity index (χ1v) is 11.1. The largest absolute Gasteiger partial charge is 0.464 e. The molecule has 0 bridgehead atoms. The zero-order valence-corrected chi connectivity index (χ0v) is 18.4. The zero-order chi connectivity index (χ0) is 23.9. The SMILES string of the molecule is O=C(Cc1coc2ccc3ccccc3c12)Nc1c(C(=O)c2ccc(F)cc2)oc2ccccc12. The lowest BCUT2D eigenvalue weighted by molar-refractivity contribution is -0.115. The summed E-state index contributed by atoms with van der Waals surface area (Å²) in [6.45, 7) is 0. The molecule has 6 aromatic rings. The Kier molecular flexibility index (Phi) is 4.92. The molecule has 1 amide bonds. The fourth-order valence-corrected chi connectivity index (χ4v) is 4.42. The molecule has 0 spiro atoms. The van der Waals surface area contributed by atoms with Gasteiger partial charge in [0.05, 0.1) is 18.4 Å². The fraction of sp³-hybridized carbons (Fsp3) is 0.0345. The minimum atomic E-state index is -0.448. The number of carbonyl (C=O) groups excluding carboxylic acids is 2. The number of benzene rings is 4. The van der Waals surface area contributed by atoms with Crippen LogP contribution >= 0.6 is 0 Å². The maximum absolute atomic E-state index is 13.4. The van der Waals surface area contributed by atoms with Gasteiger partial charge in [0.15, 0.2) is 5.76 Å². The number of amides is 1. The van der Waals surface area contributed by atoms with Crippen LogP contribution in [0.2, 0.25) is 0 Å². The van der Waals surface area contributed by atoms with Gasteiger partial charge in [-0.1, -0.05) is 42.5 Å². The standard InChI is InChI=1S/C29H18FNO4/c30-20-12-9-18(10-13-20)28(33)29-27(22-7-3-4-8-23(22)35-29)31-25(32)15-19-16-34-24-14-11-17-5-1-2-6-21(17)26(19)24/h1-14,16H,15H2,(H,31,32). The summed E-state index contributed by atoms with van der Waals surface area (Å²) in [5, 5.41) is 6.42. The molecular weight excluding hydrogens is 445 g/mol. The van der Waals surface area contributed by atoms with Gasteiger partial charge in [0.25, 0.3) is 0 Å². The Labute approximate surface area is 198 Å². The van der Waals surface area contributed by atoms with E-state index in [1.165, 1.54) is 24.3 Å². The van der Waals surface area contributed by atoms with Crippen molar-refractivity contribution in [3.05, 3.63) is 114 Å². The van der Waals surface area contributed by atoms with Crippen LogP contribution in [0.4, 0.5) is 10.1 Å². The van der Waals surface area contributed by atoms with Crippen molar-refractivity contribution in [2.24, 2.45) is 0 Å². The lowest BCUT2D eigenvalue weighted by atomic mass is 10.0. The summed E-state index contributed by atoms with van der Waals surface area (Å²) in [4.78, 5) is 26.4. The smallest absolute Gasteiger partial charge is 0.230 e. The van der Waals surface area contributed by atoms with Crippen LogP contribution in [0.25, 0.3) is 32.7 Å². The zero-order valence-electron chi connectivity index (χ0n) is 18.4. The van der Waals surface area contributed by atoms with Gasteiger partial charge in [0.1, 0.15) is 17.0 Å². The Balaban J connectivity index is 1.37. The number of nitrogens with one attached hydrogen (secondary N) is 1. The number of carbonyl (C=O) groups is 2. The summed E-state index contributed by atoms with van der Waals surface area (Å²) >= 11 is 0. The first kappa shape index (κ1) is 20.9. The molecule has 5 nitrogen and oxygen atoms in total. The molecule has 4 aromatic carbocycles. The maximum atomic E-state index is 13.4. The monoisotopic (exact) mass is 463 g/mol. The number of furan rings is 2. The van der Waals surface area contributed by atoms with E-state index in [4.69, 9.17) is 8.83 Å². The van der Waals surface area contributed by atoms with Crippen molar-refractivity contribution in [2.75, 3.05) is 5.32 Å². The number of rotatable bonds is 5. The number of hydrogen-bond acceptors (Lipinski definition) is 4. The molecule has 1 N–H and O–H groups in total. The predicted octanol–water partition coefficient (Wildman–Crippen LogP) is 6.88. The van der Waals surface area contributed by atoms with Crippen molar-refractivity contribution >= 4 is 50.1 Å². The van der Waals surface area contributed by atoms with Crippen LogP contribution in [-0.2, 0) is 11.2 Å². The van der Waals surface area contributed by atoms with Gasteiger partial charge in [-0.15, -0.1) is 0 Å². The Morgan fingerprint density at radius 1 is 0.800 bits per heavy atom. The first-order chi connectivity index (χ1) is 17.1. The highest BCUT2D eigenvalue weighted by Gasteiger charge is 2.24. The van der Waals surface area contributed by atoms with Crippen LogP contribution in [0, 0.1) is 5.82 Å². The van der Waals surface area contributed by atoms with Gasteiger partial charge >= 0.3 is 0 Å². The average Bonchev–Trinajstić information content (AvgIpc) is 3.46. The Hall–Kier alpha value is -4.71. The van der Waals surface area contributed by atoms with Gasteiger partial charge in [-0.25, -0.2) is 4.39 Å². The summed E-state index contributed by atoms with van der Waals surface area (Å²) in [7, 11) is 0. The van der Waals surface area contributed by atoms with E-state index in [1.807, 2.05) is 36.4 Å². The quantitative estimate of drug-likeness (QED) is 0.283. The van der Waals surface area contributed by atoms with Gasteiger partial charge in [0.2, 0.25) is 11.7 Å². The first-order valence-electron chi connectivity index (χ1n) is 11.1. The second kappa shape index (κ2) is 8.25. The van der Waals surface area contributed by atoms with Crippen molar-refractivity contribution < 1.29 is 22.8 Å². The summed E-state index contributed by atoms with van der Waals surface area (Å²) in [6.07, 6.45) is 1.64. The Morgan fingerprint density at radius 3 is 2.37 bits per heavy atom. The minimum absolute atomic E-state index is 0.00587. The van der Waals surface area contributed by atoms with Crippen molar-refractivity contribution in [1.82, 2.24) is 0 Å². The predicted molar refractivity (Wildman–Crippen MR) is 132 cm³/mol. The van der Waals surface area contributed by atoms with Crippen LogP contribution in [0.1, 0.15) is 21.7 Å². The van der Waals surface area contributed by atoms with E-state index in [-0.39, 0.29) is 29.3 Å². The van der Waals surface area contributed by atoms with Crippen molar-refractivity contribution in [2.45, 2.75) is 6.42 Å². The topological polar surface area (TPSA) is 72.5 Å². The van der Waals surface area contributed by atoms with Gasteiger partial charge in [-0.3, -0.25) is 9.59 Å². The van der Waals surface area contributed by atoms with Crippen molar-refractivity contribution in [1.29, 1.82) is 0 Å². The van der Waals surface area contributed by atoms with Crippen molar-refractivity contribution in [3.8, 4) is 0 Å². The molecular formula is C29H18FNO4. The van der Waals surface area contributed by atoms with E-state index in [0.717, 1.165) is 21.7 Å². The molecule has 6 rings (SSSR count). The van der Waals surface area contributed by atoms with Crippen LogP contribution in [0.5, 0.6) is 0 Å². The van der Waals surface area contributed by atoms with E-state index < -0.39 is 11.6 Å². The summed E-state index contributed by atoms with van der Waals surface area (Å²) in [5.74, 6) is -1.22. The van der Waals surface area contributed by atoms with Crippen LogP contribution in [0.3, 0.4) is 0 Å². The minimum Gasteiger partial charge on any atom is -0.464 e. The summed E-state index contributed by atoms with van der Waals surface area (Å²) in [5.41, 5.74) is 2.46. The number of ketones is 1. The van der Waals surface area contributed by atoms with Crippen molar-refractivity contribution in [3.63, 3.8) is 0 Å². The third-order valence-corrected chi connectivity index (χ3v) is 6.06. The molecule has 2 aromatic heterocycles. The normalized spacial score (nSPS) is 11.3. The molecule has 0 aliphatic rings. The van der Waals surface area contributed by atoms with Crippen LogP contribution < -0.4 is 5.32 Å². The highest BCUT2D eigenvalue weighted by atomic mass is 19.1. The number of para-hydroxylation sites is 1. The highest BCUT2D eigenvalue weighted by Crippen LogP contribution is 2.34. The molecule has 0 fully saturated rings. The molecule has 35 heavy (non-hydrogen) atoms. The molecule has 170 valence electrons. The van der Waals surface area contributed by atoms with Gasteiger partial charge in [-0.2, -0.15) is 0 Å². The van der Waals surface area contributed by atoms with Crippen LogP contribution in [0.15, 0.2) is 100 Å². The molecule has 0 saturated carbocycles. The third-order valence-electron chi connectivity index (χ3n) is 6.06. The Morgan fingerprint density at radius 2 is 1.54 bits per heavy atom. The third kappa shape index (κ3) is 3.65.